The standard InChI is InChI=1S/C22H26FN3O/c23-21-10-8-20(9-11-21)12-13-24-22(27)26-17-15-25(16-18-26)14-4-7-19-5-2-1-3-6-19/h1-11H,12-18H2,(H,24,27)/b7-4+. The van der Waals surface area contributed by atoms with Gasteiger partial charge in [-0.1, -0.05) is 54.6 Å². The zero-order chi connectivity index (χ0) is 18.9. The topological polar surface area (TPSA) is 35.6 Å². The first-order valence-corrected chi connectivity index (χ1v) is 9.42. The number of carbonyl (C=O) groups is 1. The second-order valence-corrected chi connectivity index (χ2v) is 6.71. The highest BCUT2D eigenvalue weighted by atomic mass is 19.1. The minimum Gasteiger partial charge on any atom is -0.338 e. The van der Waals surface area contributed by atoms with E-state index in [9.17, 15) is 9.18 Å². The predicted molar refractivity (Wildman–Crippen MR) is 107 cm³/mol. The van der Waals surface area contributed by atoms with Crippen LogP contribution in [0.4, 0.5) is 9.18 Å². The fourth-order valence-corrected chi connectivity index (χ4v) is 3.11. The van der Waals surface area contributed by atoms with Crippen LogP contribution in [-0.2, 0) is 6.42 Å². The molecule has 0 aliphatic carbocycles. The highest BCUT2D eigenvalue weighted by molar-refractivity contribution is 5.74. The number of amides is 2. The van der Waals surface area contributed by atoms with E-state index in [-0.39, 0.29) is 11.8 Å². The Morgan fingerprint density at radius 1 is 1.00 bits per heavy atom. The van der Waals surface area contributed by atoms with Crippen molar-refractivity contribution in [1.82, 2.24) is 15.1 Å². The zero-order valence-electron chi connectivity index (χ0n) is 15.5. The minimum absolute atomic E-state index is 0.0170. The summed E-state index contributed by atoms with van der Waals surface area (Å²) >= 11 is 0. The molecule has 0 spiro atoms. The first-order valence-electron chi connectivity index (χ1n) is 9.42. The summed E-state index contributed by atoms with van der Waals surface area (Å²) < 4.78 is 12.9. The summed E-state index contributed by atoms with van der Waals surface area (Å²) in [5.74, 6) is -0.237. The number of urea groups is 1. The Kier molecular flexibility index (Phi) is 6.99. The lowest BCUT2D eigenvalue weighted by Crippen LogP contribution is -2.51. The van der Waals surface area contributed by atoms with Crippen molar-refractivity contribution in [1.29, 1.82) is 0 Å². The zero-order valence-corrected chi connectivity index (χ0v) is 15.5. The third kappa shape index (κ3) is 6.22. The van der Waals surface area contributed by atoms with Gasteiger partial charge in [0.2, 0.25) is 0 Å². The molecule has 5 heteroatoms. The molecule has 0 unspecified atom stereocenters. The number of piperazine rings is 1. The van der Waals surface area contributed by atoms with Gasteiger partial charge in [0.25, 0.3) is 0 Å². The van der Waals surface area contributed by atoms with Crippen LogP contribution in [0.1, 0.15) is 11.1 Å². The maximum atomic E-state index is 12.9. The molecule has 0 bridgehead atoms. The van der Waals surface area contributed by atoms with E-state index in [0.717, 1.165) is 38.3 Å². The first-order chi connectivity index (χ1) is 13.2. The first kappa shape index (κ1) is 19.1. The number of nitrogens with zero attached hydrogens (tertiary/aromatic N) is 2. The van der Waals surface area contributed by atoms with E-state index in [4.69, 9.17) is 0 Å². The molecule has 1 aliphatic rings. The molecule has 0 saturated carbocycles. The van der Waals surface area contributed by atoms with Crippen LogP contribution < -0.4 is 5.32 Å². The van der Waals surface area contributed by atoms with Crippen molar-refractivity contribution in [2.75, 3.05) is 39.3 Å². The SMILES string of the molecule is O=C(NCCc1ccc(F)cc1)N1CCN(C/C=C/c2ccccc2)CC1. The van der Waals surface area contributed by atoms with E-state index in [1.807, 2.05) is 23.1 Å². The highest BCUT2D eigenvalue weighted by Crippen LogP contribution is 2.06. The summed E-state index contributed by atoms with van der Waals surface area (Å²) in [5, 5.41) is 2.96. The molecule has 0 radical (unpaired) electrons. The number of hydrogen-bond acceptors (Lipinski definition) is 2. The summed E-state index contributed by atoms with van der Waals surface area (Å²) in [7, 11) is 0. The van der Waals surface area contributed by atoms with E-state index < -0.39 is 0 Å². The average Bonchev–Trinajstić information content (AvgIpc) is 2.71. The van der Waals surface area contributed by atoms with Gasteiger partial charge >= 0.3 is 6.03 Å². The van der Waals surface area contributed by atoms with Crippen LogP contribution in [0.25, 0.3) is 6.08 Å². The molecule has 2 aromatic carbocycles. The van der Waals surface area contributed by atoms with Crippen molar-refractivity contribution in [3.8, 4) is 0 Å². The van der Waals surface area contributed by atoms with Crippen molar-refractivity contribution < 1.29 is 9.18 Å². The van der Waals surface area contributed by atoms with Crippen LogP contribution in [0.2, 0.25) is 0 Å². The number of halogens is 1. The van der Waals surface area contributed by atoms with Gasteiger partial charge in [0.05, 0.1) is 0 Å². The molecule has 0 atom stereocenters. The second kappa shape index (κ2) is 9.88. The fourth-order valence-electron chi connectivity index (χ4n) is 3.11. The van der Waals surface area contributed by atoms with Crippen molar-refractivity contribution in [3.63, 3.8) is 0 Å². The lowest BCUT2D eigenvalue weighted by molar-refractivity contribution is 0.147. The molecule has 1 aliphatic heterocycles. The number of nitrogens with one attached hydrogen (secondary N) is 1. The van der Waals surface area contributed by atoms with Gasteiger partial charge < -0.3 is 10.2 Å². The van der Waals surface area contributed by atoms with Crippen molar-refractivity contribution in [2.24, 2.45) is 0 Å². The summed E-state index contributed by atoms with van der Waals surface area (Å²) in [5.41, 5.74) is 2.23. The van der Waals surface area contributed by atoms with Crippen LogP contribution in [-0.4, -0.2) is 55.1 Å². The molecule has 4 nitrogen and oxygen atoms in total. The molecule has 0 aromatic heterocycles. The van der Waals surface area contributed by atoms with Crippen LogP contribution in [0.15, 0.2) is 60.7 Å². The molecule has 142 valence electrons. The lowest BCUT2D eigenvalue weighted by Gasteiger charge is -2.34. The summed E-state index contributed by atoms with van der Waals surface area (Å²) in [6.45, 7) is 4.69. The van der Waals surface area contributed by atoms with E-state index in [1.165, 1.54) is 17.7 Å². The van der Waals surface area contributed by atoms with Crippen LogP contribution >= 0.6 is 0 Å². The molecular formula is C22H26FN3O. The van der Waals surface area contributed by atoms with Gasteiger partial charge in [-0.3, -0.25) is 4.90 Å². The van der Waals surface area contributed by atoms with Gasteiger partial charge in [-0.15, -0.1) is 0 Å². The van der Waals surface area contributed by atoms with Crippen molar-refractivity contribution in [2.45, 2.75) is 6.42 Å². The van der Waals surface area contributed by atoms with Crippen molar-refractivity contribution >= 4 is 12.1 Å². The molecule has 3 rings (SSSR count). The van der Waals surface area contributed by atoms with E-state index >= 15 is 0 Å². The molecule has 2 amide bonds. The Labute approximate surface area is 160 Å². The number of rotatable bonds is 6. The van der Waals surface area contributed by atoms with E-state index in [0.29, 0.717) is 13.0 Å². The number of carbonyl (C=O) groups excluding carboxylic acids is 1. The molecule has 1 fully saturated rings. The smallest absolute Gasteiger partial charge is 0.317 e. The normalized spacial score (nSPS) is 15.2. The molecule has 2 aromatic rings. The average molecular weight is 367 g/mol. The molecule has 1 N–H and O–H groups in total. The largest absolute Gasteiger partial charge is 0.338 e. The second-order valence-electron chi connectivity index (χ2n) is 6.71. The Balaban J connectivity index is 1.34. The third-order valence-corrected chi connectivity index (χ3v) is 4.74. The summed E-state index contributed by atoms with van der Waals surface area (Å²) in [6, 6.07) is 16.6. The summed E-state index contributed by atoms with van der Waals surface area (Å²) in [4.78, 5) is 16.5. The number of hydrogen-bond donors (Lipinski definition) is 1. The Hall–Kier alpha value is -2.66. The van der Waals surface area contributed by atoms with Crippen molar-refractivity contribution in [3.05, 3.63) is 77.6 Å². The lowest BCUT2D eigenvalue weighted by atomic mass is 10.1. The fraction of sp³-hybridized carbons (Fsp3) is 0.318. The third-order valence-electron chi connectivity index (χ3n) is 4.74. The Morgan fingerprint density at radius 3 is 2.41 bits per heavy atom. The predicted octanol–water partition coefficient (Wildman–Crippen LogP) is 3.41. The van der Waals surface area contributed by atoms with E-state index in [2.05, 4.69) is 34.5 Å². The Morgan fingerprint density at radius 2 is 1.70 bits per heavy atom. The quantitative estimate of drug-likeness (QED) is 0.849. The summed E-state index contributed by atoms with van der Waals surface area (Å²) in [6.07, 6.45) is 5.01. The van der Waals surface area contributed by atoms with Gasteiger partial charge in [0, 0.05) is 39.3 Å². The molecule has 1 saturated heterocycles. The van der Waals surface area contributed by atoms with E-state index in [1.54, 1.807) is 12.1 Å². The molecular weight excluding hydrogens is 341 g/mol. The maximum Gasteiger partial charge on any atom is 0.317 e. The monoisotopic (exact) mass is 367 g/mol. The van der Waals surface area contributed by atoms with Gasteiger partial charge in [-0.05, 0) is 29.7 Å². The van der Waals surface area contributed by atoms with Gasteiger partial charge in [-0.25, -0.2) is 9.18 Å². The molecule has 27 heavy (non-hydrogen) atoms. The van der Waals surface area contributed by atoms with Crippen LogP contribution in [0.3, 0.4) is 0 Å². The molecule has 1 heterocycles. The van der Waals surface area contributed by atoms with Gasteiger partial charge in [0.15, 0.2) is 0 Å². The minimum atomic E-state index is -0.237. The van der Waals surface area contributed by atoms with Gasteiger partial charge in [-0.2, -0.15) is 0 Å². The number of benzene rings is 2. The van der Waals surface area contributed by atoms with Gasteiger partial charge in [0.1, 0.15) is 5.82 Å². The maximum absolute atomic E-state index is 12.9. The highest BCUT2D eigenvalue weighted by Gasteiger charge is 2.19. The van der Waals surface area contributed by atoms with Crippen LogP contribution in [0.5, 0.6) is 0 Å². The van der Waals surface area contributed by atoms with Crippen LogP contribution in [0, 0.1) is 5.82 Å². The Bertz CT molecular complexity index is 738.